The van der Waals surface area contributed by atoms with Crippen LogP contribution in [0.4, 0.5) is 0 Å². The van der Waals surface area contributed by atoms with Crippen LogP contribution in [0.5, 0.6) is 0 Å². The van der Waals surface area contributed by atoms with Gasteiger partial charge in [0.2, 0.25) is 5.91 Å². The van der Waals surface area contributed by atoms with Crippen molar-refractivity contribution in [2.75, 3.05) is 6.54 Å². The number of carbonyl (C=O) groups is 3. The number of carboxylic acids is 1. The minimum Gasteiger partial charge on any atom is -0.480 e. The van der Waals surface area contributed by atoms with Crippen LogP contribution in [0.2, 0.25) is 0 Å². The molecule has 0 aromatic heterocycles. The Balaban J connectivity index is 4.72. The van der Waals surface area contributed by atoms with Gasteiger partial charge in [-0.1, -0.05) is 0 Å². The summed E-state index contributed by atoms with van der Waals surface area (Å²) in [6.07, 6.45) is 0.913. The molecule has 0 rings (SSSR count). The van der Waals surface area contributed by atoms with Crippen molar-refractivity contribution in [1.29, 1.82) is 0 Å². The maximum atomic E-state index is 11.3. The Bertz CT molecular complexity index is 278. The van der Waals surface area contributed by atoms with Gasteiger partial charge >= 0.3 is 5.97 Å². The summed E-state index contributed by atoms with van der Waals surface area (Å²) < 4.78 is 0. The minimum absolute atomic E-state index is 0.255. The highest BCUT2D eigenvalue weighted by molar-refractivity contribution is 5.89. The zero-order chi connectivity index (χ0) is 12.7. The molecule has 6 heteroatoms. The van der Waals surface area contributed by atoms with Gasteiger partial charge in [0.25, 0.3) is 0 Å². The molecule has 0 aromatic carbocycles. The molecule has 0 radical (unpaired) electrons. The molecule has 0 aliphatic rings. The van der Waals surface area contributed by atoms with Gasteiger partial charge in [-0.2, -0.15) is 0 Å². The van der Waals surface area contributed by atoms with E-state index in [1.54, 1.807) is 0 Å². The quantitative estimate of drug-likeness (QED) is 0.547. The number of nitrogens with one attached hydrogen (secondary N) is 1. The lowest BCUT2D eigenvalue weighted by atomic mass is 9.91. The predicted octanol–water partition coefficient (Wildman–Crippen LogP) is -0.480. The Labute approximate surface area is 94.2 Å². The number of hydrogen-bond acceptors (Lipinski definition) is 4. The van der Waals surface area contributed by atoms with E-state index in [2.05, 4.69) is 5.32 Å². The molecule has 0 saturated heterocycles. The molecule has 0 spiro atoms. The number of Topliss-reactive ketones (excluding diaryl/α,β-unsaturated/α-hetero) is 1. The van der Waals surface area contributed by atoms with E-state index < -0.39 is 23.8 Å². The maximum Gasteiger partial charge on any atom is 0.326 e. The van der Waals surface area contributed by atoms with Gasteiger partial charge in [0.05, 0.1) is 0 Å². The van der Waals surface area contributed by atoms with Crippen LogP contribution in [-0.2, 0) is 14.4 Å². The molecule has 1 unspecified atom stereocenters. The van der Waals surface area contributed by atoms with Crippen LogP contribution in [0.25, 0.3) is 0 Å². The number of amides is 1. The highest BCUT2D eigenvalue weighted by atomic mass is 16.4. The molecule has 16 heavy (non-hydrogen) atoms. The topological polar surface area (TPSA) is 109 Å². The van der Waals surface area contributed by atoms with Gasteiger partial charge in [-0.15, -0.1) is 0 Å². The number of hydrogen-bond donors (Lipinski definition) is 3. The Morgan fingerprint density at radius 1 is 1.31 bits per heavy atom. The van der Waals surface area contributed by atoms with Crippen LogP contribution in [0.1, 0.15) is 26.7 Å². The third kappa shape index (κ3) is 4.88. The maximum absolute atomic E-state index is 11.3. The normalized spacial score (nSPS) is 13.9. The monoisotopic (exact) mass is 230 g/mol. The number of ketones is 1. The largest absolute Gasteiger partial charge is 0.480 e. The van der Waals surface area contributed by atoms with Crippen molar-refractivity contribution < 1.29 is 19.5 Å². The third-order valence-corrected chi connectivity index (χ3v) is 2.27. The van der Waals surface area contributed by atoms with Crippen LogP contribution in [0.15, 0.2) is 0 Å². The van der Waals surface area contributed by atoms with Crippen molar-refractivity contribution in [3.8, 4) is 0 Å². The van der Waals surface area contributed by atoms with Crippen molar-refractivity contribution in [3.05, 3.63) is 0 Å². The molecule has 0 heterocycles. The summed E-state index contributed by atoms with van der Waals surface area (Å²) in [4.78, 5) is 33.1. The van der Waals surface area contributed by atoms with Crippen molar-refractivity contribution in [2.24, 2.45) is 11.7 Å². The first-order valence-corrected chi connectivity index (χ1v) is 5.10. The second kappa shape index (κ2) is 6.95. The average Bonchev–Trinajstić information content (AvgIpc) is 2.15. The lowest BCUT2D eigenvalue weighted by molar-refractivity contribution is -0.145. The third-order valence-electron chi connectivity index (χ3n) is 2.27. The summed E-state index contributed by atoms with van der Waals surface area (Å²) in [5.41, 5.74) is 5.31. The Hall–Kier alpha value is -1.43. The number of carbonyl (C=O) groups excluding carboxylic acids is 2. The standard InChI is InChI=1S/C10H18N2O4/c1-6(13)8(4-3-5-11)9(10(15)16)12-7(2)14/h8-9H,3-5,11H2,1-2H3,(H,12,14)(H,15,16)/t8?,9-/m0/s1. The fraction of sp³-hybridized carbons (Fsp3) is 0.700. The Morgan fingerprint density at radius 3 is 2.19 bits per heavy atom. The van der Waals surface area contributed by atoms with Crippen LogP contribution in [-0.4, -0.2) is 35.4 Å². The first-order valence-electron chi connectivity index (χ1n) is 5.10. The van der Waals surface area contributed by atoms with Gasteiger partial charge in [-0.3, -0.25) is 9.59 Å². The molecule has 2 atom stereocenters. The lowest BCUT2D eigenvalue weighted by Crippen LogP contribution is -2.47. The second-order valence-electron chi connectivity index (χ2n) is 3.66. The molecule has 4 N–H and O–H groups in total. The van der Waals surface area contributed by atoms with Gasteiger partial charge in [0.15, 0.2) is 0 Å². The Morgan fingerprint density at radius 2 is 1.88 bits per heavy atom. The SMILES string of the molecule is CC(=O)N[C@H](C(=O)O)C(CCCN)C(C)=O. The van der Waals surface area contributed by atoms with Gasteiger partial charge in [-0.05, 0) is 26.3 Å². The Kier molecular flexibility index (Phi) is 6.32. The van der Waals surface area contributed by atoms with Gasteiger partial charge in [-0.25, -0.2) is 4.79 Å². The molecule has 0 saturated carbocycles. The lowest BCUT2D eigenvalue weighted by Gasteiger charge is -2.21. The smallest absolute Gasteiger partial charge is 0.326 e. The van der Waals surface area contributed by atoms with Crippen molar-refractivity contribution in [2.45, 2.75) is 32.7 Å². The summed E-state index contributed by atoms with van der Waals surface area (Å²) in [6.45, 7) is 2.92. The van der Waals surface area contributed by atoms with Crippen molar-refractivity contribution >= 4 is 17.7 Å². The fourth-order valence-corrected chi connectivity index (χ4v) is 1.50. The van der Waals surface area contributed by atoms with E-state index in [1.807, 2.05) is 0 Å². The molecule has 0 aliphatic heterocycles. The second-order valence-corrected chi connectivity index (χ2v) is 3.66. The summed E-state index contributed by atoms with van der Waals surface area (Å²) in [5.74, 6) is -2.64. The highest BCUT2D eigenvalue weighted by Crippen LogP contribution is 2.13. The van der Waals surface area contributed by atoms with E-state index in [1.165, 1.54) is 13.8 Å². The molecule has 0 aromatic rings. The first-order chi connectivity index (χ1) is 7.40. The highest BCUT2D eigenvalue weighted by Gasteiger charge is 2.31. The summed E-state index contributed by atoms with van der Waals surface area (Å²) >= 11 is 0. The van der Waals surface area contributed by atoms with Gasteiger partial charge in [0.1, 0.15) is 11.8 Å². The van der Waals surface area contributed by atoms with Gasteiger partial charge in [0, 0.05) is 12.8 Å². The number of aliphatic carboxylic acids is 1. The zero-order valence-electron chi connectivity index (χ0n) is 9.53. The molecule has 1 amide bonds. The van der Waals surface area contributed by atoms with E-state index in [-0.39, 0.29) is 5.78 Å². The van der Waals surface area contributed by atoms with E-state index in [0.717, 1.165) is 0 Å². The number of carboxylic acid groups (broad SMARTS) is 1. The van der Waals surface area contributed by atoms with Gasteiger partial charge < -0.3 is 16.2 Å². The molecular formula is C10H18N2O4. The minimum atomic E-state index is -1.20. The van der Waals surface area contributed by atoms with E-state index >= 15 is 0 Å². The van der Waals surface area contributed by atoms with E-state index in [0.29, 0.717) is 19.4 Å². The molecule has 92 valence electrons. The molecule has 0 fully saturated rings. The van der Waals surface area contributed by atoms with Crippen LogP contribution >= 0.6 is 0 Å². The van der Waals surface area contributed by atoms with E-state index in [9.17, 15) is 14.4 Å². The fourth-order valence-electron chi connectivity index (χ4n) is 1.50. The zero-order valence-corrected chi connectivity index (χ0v) is 9.53. The van der Waals surface area contributed by atoms with Crippen LogP contribution in [0, 0.1) is 5.92 Å². The molecule has 0 bridgehead atoms. The molecular weight excluding hydrogens is 212 g/mol. The summed E-state index contributed by atoms with van der Waals surface area (Å²) in [7, 11) is 0. The van der Waals surface area contributed by atoms with Crippen molar-refractivity contribution in [1.82, 2.24) is 5.32 Å². The summed E-state index contributed by atoms with van der Waals surface area (Å²) in [5, 5.41) is 11.2. The van der Waals surface area contributed by atoms with Crippen LogP contribution < -0.4 is 11.1 Å². The number of nitrogens with two attached hydrogens (primary N) is 1. The molecule has 0 aliphatic carbocycles. The number of rotatable bonds is 7. The van der Waals surface area contributed by atoms with E-state index in [4.69, 9.17) is 10.8 Å². The average molecular weight is 230 g/mol. The van der Waals surface area contributed by atoms with Crippen molar-refractivity contribution in [3.63, 3.8) is 0 Å². The first kappa shape index (κ1) is 14.6. The summed E-state index contributed by atoms with van der Waals surface area (Å²) in [6, 6.07) is -1.17. The van der Waals surface area contributed by atoms with Crippen LogP contribution in [0.3, 0.4) is 0 Å². The molecule has 6 nitrogen and oxygen atoms in total. The predicted molar refractivity (Wildman–Crippen MR) is 57.7 cm³/mol.